The molecule has 0 bridgehead atoms. The van der Waals surface area contributed by atoms with Gasteiger partial charge in [0.2, 0.25) is 5.91 Å². The molecule has 34 heavy (non-hydrogen) atoms. The van der Waals surface area contributed by atoms with Crippen LogP contribution >= 0.6 is 0 Å². The zero-order valence-electron chi connectivity index (χ0n) is 19.7. The van der Waals surface area contributed by atoms with E-state index < -0.39 is 0 Å². The van der Waals surface area contributed by atoms with E-state index in [-0.39, 0.29) is 18.4 Å². The molecule has 0 atom stereocenters. The molecular weight excluding hydrogens is 424 g/mol. The van der Waals surface area contributed by atoms with Crippen molar-refractivity contribution in [1.29, 1.82) is 0 Å². The van der Waals surface area contributed by atoms with Gasteiger partial charge in [0.25, 0.3) is 5.91 Å². The van der Waals surface area contributed by atoms with Gasteiger partial charge in [-0.15, -0.1) is 0 Å². The third kappa shape index (κ3) is 7.01. The topological polar surface area (TPSA) is 64.7 Å². The molecule has 3 aromatic rings. The minimum Gasteiger partial charge on any atom is -0.343 e. The van der Waals surface area contributed by atoms with Crippen molar-refractivity contribution in [3.05, 3.63) is 101 Å². The van der Waals surface area contributed by atoms with E-state index in [2.05, 4.69) is 62.9 Å². The van der Waals surface area contributed by atoms with Crippen LogP contribution in [-0.4, -0.2) is 54.3 Å². The zero-order chi connectivity index (χ0) is 23.8. The molecule has 176 valence electrons. The molecule has 1 heterocycles. The van der Waals surface area contributed by atoms with E-state index in [1.165, 1.54) is 11.1 Å². The number of nitrogens with one attached hydrogen (secondary N) is 2. The van der Waals surface area contributed by atoms with E-state index in [1.807, 2.05) is 31.2 Å². The first-order valence-electron chi connectivity index (χ1n) is 11.8. The van der Waals surface area contributed by atoms with Crippen LogP contribution < -0.4 is 10.6 Å². The normalized spacial score (nSPS) is 14.5. The number of anilines is 1. The standard InChI is InChI=1S/C28H32N4O2/c1-22-6-5-9-25(18-22)28(34)29-19-27(33)30-26-12-10-24(11-13-26)21-32-16-14-31(15-17-32)20-23-7-3-2-4-8-23/h2-13,18H,14-17,19-21H2,1H3,(H,29,34)(H,30,33). The van der Waals surface area contributed by atoms with Crippen molar-refractivity contribution in [2.24, 2.45) is 0 Å². The first kappa shape index (κ1) is 23.7. The molecule has 0 unspecified atom stereocenters. The summed E-state index contributed by atoms with van der Waals surface area (Å²) < 4.78 is 0. The van der Waals surface area contributed by atoms with Crippen LogP contribution in [0.4, 0.5) is 5.69 Å². The van der Waals surface area contributed by atoms with Gasteiger partial charge in [-0.25, -0.2) is 0 Å². The molecule has 1 fully saturated rings. The highest BCUT2D eigenvalue weighted by Crippen LogP contribution is 2.14. The number of carbonyl (C=O) groups excluding carboxylic acids is 2. The average molecular weight is 457 g/mol. The number of piperazine rings is 1. The number of benzene rings is 3. The molecular formula is C28H32N4O2. The molecule has 4 rings (SSSR count). The number of rotatable bonds is 8. The molecule has 6 nitrogen and oxygen atoms in total. The molecule has 6 heteroatoms. The summed E-state index contributed by atoms with van der Waals surface area (Å²) in [5, 5.41) is 5.51. The number of aryl methyl sites for hydroxylation is 1. The van der Waals surface area contributed by atoms with E-state index in [0.29, 0.717) is 5.56 Å². The van der Waals surface area contributed by atoms with E-state index in [4.69, 9.17) is 0 Å². The van der Waals surface area contributed by atoms with Crippen molar-refractivity contribution in [3.8, 4) is 0 Å². The lowest BCUT2D eigenvalue weighted by atomic mass is 10.1. The minimum atomic E-state index is -0.252. The molecule has 0 aromatic heterocycles. The number of carbonyl (C=O) groups is 2. The van der Waals surface area contributed by atoms with E-state index in [1.54, 1.807) is 12.1 Å². The van der Waals surface area contributed by atoms with Gasteiger partial charge < -0.3 is 10.6 Å². The predicted molar refractivity (Wildman–Crippen MR) is 136 cm³/mol. The number of amides is 2. The van der Waals surface area contributed by atoms with Crippen molar-refractivity contribution in [2.75, 3.05) is 38.0 Å². The van der Waals surface area contributed by atoms with Crippen LogP contribution in [0.5, 0.6) is 0 Å². The second-order valence-electron chi connectivity index (χ2n) is 8.84. The Kier molecular flexibility index (Phi) is 8.07. The Morgan fingerprint density at radius 1 is 0.765 bits per heavy atom. The van der Waals surface area contributed by atoms with Gasteiger partial charge >= 0.3 is 0 Å². The Morgan fingerprint density at radius 3 is 2.00 bits per heavy atom. The van der Waals surface area contributed by atoms with Gasteiger partial charge in [-0.1, -0.05) is 60.2 Å². The van der Waals surface area contributed by atoms with Crippen LogP contribution in [0.1, 0.15) is 27.0 Å². The first-order valence-corrected chi connectivity index (χ1v) is 11.8. The second-order valence-corrected chi connectivity index (χ2v) is 8.84. The SMILES string of the molecule is Cc1cccc(C(=O)NCC(=O)Nc2ccc(CN3CCN(Cc4ccccc4)CC3)cc2)c1. The Hall–Kier alpha value is -3.48. The molecule has 0 aliphatic carbocycles. The molecule has 1 aliphatic heterocycles. The Morgan fingerprint density at radius 2 is 1.38 bits per heavy atom. The third-order valence-corrected chi connectivity index (χ3v) is 6.05. The lowest BCUT2D eigenvalue weighted by Gasteiger charge is -2.34. The van der Waals surface area contributed by atoms with E-state index in [9.17, 15) is 9.59 Å². The van der Waals surface area contributed by atoms with Crippen LogP contribution in [-0.2, 0) is 17.9 Å². The number of hydrogen-bond acceptors (Lipinski definition) is 4. The van der Waals surface area contributed by atoms with Crippen molar-refractivity contribution < 1.29 is 9.59 Å². The fourth-order valence-corrected chi connectivity index (χ4v) is 4.15. The summed E-state index contributed by atoms with van der Waals surface area (Å²) in [6.07, 6.45) is 0. The van der Waals surface area contributed by atoms with Gasteiger partial charge in [0.05, 0.1) is 6.54 Å². The van der Waals surface area contributed by atoms with Gasteiger partial charge in [0, 0.05) is 50.5 Å². The summed E-state index contributed by atoms with van der Waals surface area (Å²) in [4.78, 5) is 29.4. The fourth-order valence-electron chi connectivity index (χ4n) is 4.15. The van der Waals surface area contributed by atoms with E-state index >= 15 is 0 Å². The van der Waals surface area contributed by atoms with Gasteiger partial charge in [-0.2, -0.15) is 0 Å². The molecule has 0 saturated carbocycles. The van der Waals surface area contributed by atoms with Gasteiger partial charge in [-0.05, 0) is 42.3 Å². The maximum atomic E-state index is 12.2. The molecule has 2 amide bonds. The van der Waals surface area contributed by atoms with Crippen LogP contribution in [0.3, 0.4) is 0 Å². The number of hydrogen-bond donors (Lipinski definition) is 2. The monoisotopic (exact) mass is 456 g/mol. The summed E-state index contributed by atoms with van der Waals surface area (Å²) >= 11 is 0. The molecule has 0 spiro atoms. The quantitative estimate of drug-likeness (QED) is 0.543. The highest BCUT2D eigenvalue weighted by Gasteiger charge is 2.17. The maximum absolute atomic E-state index is 12.2. The summed E-state index contributed by atoms with van der Waals surface area (Å²) in [7, 11) is 0. The van der Waals surface area contributed by atoms with Gasteiger partial charge in [0.15, 0.2) is 0 Å². The predicted octanol–water partition coefficient (Wildman–Crippen LogP) is 3.68. The smallest absolute Gasteiger partial charge is 0.251 e. The zero-order valence-corrected chi connectivity index (χ0v) is 19.7. The Balaban J connectivity index is 1.18. The summed E-state index contributed by atoms with van der Waals surface area (Å²) in [6, 6.07) is 25.9. The lowest BCUT2D eigenvalue weighted by molar-refractivity contribution is -0.115. The molecule has 1 aliphatic rings. The summed E-state index contributed by atoms with van der Waals surface area (Å²) in [5.41, 5.74) is 4.88. The fraction of sp³-hybridized carbons (Fsp3) is 0.286. The molecule has 2 N–H and O–H groups in total. The lowest BCUT2D eigenvalue weighted by Crippen LogP contribution is -2.45. The van der Waals surface area contributed by atoms with Crippen molar-refractivity contribution in [2.45, 2.75) is 20.0 Å². The summed E-state index contributed by atoms with van der Waals surface area (Å²) in [6.45, 7) is 8.00. The van der Waals surface area contributed by atoms with Crippen LogP contribution in [0.15, 0.2) is 78.9 Å². The van der Waals surface area contributed by atoms with Crippen LogP contribution in [0.25, 0.3) is 0 Å². The highest BCUT2D eigenvalue weighted by atomic mass is 16.2. The highest BCUT2D eigenvalue weighted by molar-refractivity contribution is 5.99. The maximum Gasteiger partial charge on any atom is 0.251 e. The molecule has 0 radical (unpaired) electrons. The molecule has 1 saturated heterocycles. The van der Waals surface area contributed by atoms with Crippen LogP contribution in [0.2, 0.25) is 0 Å². The summed E-state index contributed by atoms with van der Waals surface area (Å²) in [5.74, 6) is -0.499. The third-order valence-electron chi connectivity index (χ3n) is 6.05. The number of nitrogens with zero attached hydrogens (tertiary/aromatic N) is 2. The Labute approximate surface area is 201 Å². The second kappa shape index (κ2) is 11.6. The van der Waals surface area contributed by atoms with E-state index in [0.717, 1.165) is 50.5 Å². The minimum absolute atomic E-state index is 0.0677. The average Bonchev–Trinajstić information content (AvgIpc) is 2.85. The van der Waals surface area contributed by atoms with Crippen molar-refractivity contribution in [3.63, 3.8) is 0 Å². The molecule has 3 aromatic carbocycles. The van der Waals surface area contributed by atoms with Crippen LogP contribution in [0, 0.1) is 6.92 Å². The Bertz CT molecular complexity index is 1090. The van der Waals surface area contributed by atoms with Gasteiger partial charge in [-0.3, -0.25) is 19.4 Å². The first-order chi connectivity index (χ1) is 16.5. The largest absolute Gasteiger partial charge is 0.343 e. The van der Waals surface area contributed by atoms with Crippen molar-refractivity contribution in [1.82, 2.24) is 15.1 Å². The van der Waals surface area contributed by atoms with Crippen molar-refractivity contribution >= 4 is 17.5 Å². The van der Waals surface area contributed by atoms with Gasteiger partial charge in [0.1, 0.15) is 0 Å².